The summed E-state index contributed by atoms with van der Waals surface area (Å²) in [7, 11) is -0.756. The molecule has 0 aliphatic heterocycles. The third kappa shape index (κ3) is 4.55. The molecule has 122 valence electrons. The SMILES string of the molecule is COc1cc(OC)nc(C(CC2CC2)C(=O)NS(C)(=O)=O)n1. The van der Waals surface area contributed by atoms with Gasteiger partial charge >= 0.3 is 0 Å². The number of nitrogens with zero attached hydrogens (tertiary/aromatic N) is 2. The highest BCUT2D eigenvalue weighted by molar-refractivity contribution is 7.89. The average Bonchev–Trinajstić information content (AvgIpc) is 3.26. The summed E-state index contributed by atoms with van der Waals surface area (Å²) in [5, 5.41) is 0. The van der Waals surface area contributed by atoms with E-state index in [1.165, 1.54) is 20.3 Å². The van der Waals surface area contributed by atoms with E-state index < -0.39 is 21.8 Å². The molecule has 1 unspecified atom stereocenters. The number of ether oxygens (including phenoxy) is 2. The van der Waals surface area contributed by atoms with E-state index >= 15 is 0 Å². The summed E-state index contributed by atoms with van der Waals surface area (Å²) in [5.74, 6) is -0.291. The van der Waals surface area contributed by atoms with Gasteiger partial charge in [-0.1, -0.05) is 12.8 Å². The Morgan fingerprint density at radius 2 is 1.86 bits per heavy atom. The van der Waals surface area contributed by atoms with Gasteiger partial charge in [-0.05, 0) is 12.3 Å². The number of amides is 1. The third-order valence-electron chi connectivity index (χ3n) is 3.29. The molecule has 22 heavy (non-hydrogen) atoms. The van der Waals surface area contributed by atoms with Gasteiger partial charge in [0.2, 0.25) is 27.7 Å². The Labute approximate surface area is 129 Å². The number of nitrogens with one attached hydrogen (secondary N) is 1. The summed E-state index contributed by atoms with van der Waals surface area (Å²) in [6.45, 7) is 0. The van der Waals surface area contributed by atoms with Crippen molar-refractivity contribution in [2.24, 2.45) is 5.92 Å². The van der Waals surface area contributed by atoms with E-state index in [4.69, 9.17) is 9.47 Å². The molecule has 1 aliphatic rings. The molecular weight excluding hydrogens is 310 g/mol. The number of sulfonamides is 1. The molecule has 1 aliphatic carbocycles. The Morgan fingerprint density at radius 3 is 2.27 bits per heavy atom. The molecule has 1 saturated carbocycles. The maximum atomic E-state index is 12.3. The van der Waals surface area contributed by atoms with Crippen LogP contribution in [0.2, 0.25) is 0 Å². The molecule has 1 aromatic rings. The van der Waals surface area contributed by atoms with E-state index in [0.29, 0.717) is 12.3 Å². The summed E-state index contributed by atoms with van der Waals surface area (Å²) in [6.07, 6.45) is 3.47. The van der Waals surface area contributed by atoms with Gasteiger partial charge in [-0.25, -0.2) is 8.42 Å². The first-order valence-electron chi connectivity index (χ1n) is 6.81. The van der Waals surface area contributed by atoms with Crippen molar-refractivity contribution in [3.8, 4) is 11.8 Å². The first-order valence-corrected chi connectivity index (χ1v) is 8.70. The Kier molecular flexibility index (Phi) is 4.84. The Morgan fingerprint density at radius 1 is 1.32 bits per heavy atom. The average molecular weight is 329 g/mol. The Balaban J connectivity index is 2.33. The van der Waals surface area contributed by atoms with Crippen molar-refractivity contribution in [2.45, 2.75) is 25.2 Å². The first kappa shape index (κ1) is 16.5. The Hall–Kier alpha value is -1.90. The van der Waals surface area contributed by atoms with Crippen molar-refractivity contribution in [2.75, 3.05) is 20.5 Å². The van der Waals surface area contributed by atoms with Crippen molar-refractivity contribution < 1.29 is 22.7 Å². The zero-order valence-corrected chi connectivity index (χ0v) is 13.5. The number of aromatic nitrogens is 2. The van der Waals surface area contributed by atoms with Gasteiger partial charge in [0, 0.05) is 0 Å². The highest BCUT2D eigenvalue weighted by Gasteiger charge is 2.33. The fourth-order valence-electron chi connectivity index (χ4n) is 2.06. The number of carbonyl (C=O) groups is 1. The minimum absolute atomic E-state index is 0.198. The molecule has 0 saturated heterocycles. The van der Waals surface area contributed by atoms with E-state index in [2.05, 4.69) is 9.97 Å². The zero-order valence-electron chi connectivity index (χ0n) is 12.7. The van der Waals surface area contributed by atoms with Crippen LogP contribution in [0.25, 0.3) is 0 Å². The third-order valence-corrected chi connectivity index (χ3v) is 3.87. The van der Waals surface area contributed by atoms with Crippen molar-refractivity contribution in [1.29, 1.82) is 0 Å². The van der Waals surface area contributed by atoms with Crippen molar-refractivity contribution in [1.82, 2.24) is 14.7 Å². The lowest BCUT2D eigenvalue weighted by molar-refractivity contribution is -0.121. The molecule has 1 amide bonds. The van der Waals surface area contributed by atoms with Gasteiger partial charge in [-0.3, -0.25) is 9.52 Å². The van der Waals surface area contributed by atoms with Gasteiger partial charge < -0.3 is 9.47 Å². The van der Waals surface area contributed by atoms with E-state index in [0.717, 1.165) is 19.1 Å². The fourth-order valence-corrected chi connectivity index (χ4v) is 2.56. The standard InChI is InChI=1S/C13H19N3O5S/c1-20-10-7-11(21-2)15-12(14-10)9(6-8-4-5-8)13(17)16-22(3,18)19/h7-9H,4-6H2,1-3H3,(H,16,17). The second-order valence-electron chi connectivity index (χ2n) is 5.28. The van der Waals surface area contributed by atoms with Crippen LogP contribution in [0, 0.1) is 5.92 Å². The van der Waals surface area contributed by atoms with Crippen LogP contribution >= 0.6 is 0 Å². The predicted molar refractivity (Wildman–Crippen MR) is 78.2 cm³/mol. The summed E-state index contributed by atoms with van der Waals surface area (Å²) in [5.41, 5.74) is 0. The number of carbonyl (C=O) groups excluding carboxylic acids is 1. The molecule has 0 spiro atoms. The van der Waals surface area contributed by atoms with Crippen molar-refractivity contribution in [3.63, 3.8) is 0 Å². The lowest BCUT2D eigenvalue weighted by Gasteiger charge is -2.16. The minimum atomic E-state index is -3.64. The lowest BCUT2D eigenvalue weighted by Crippen LogP contribution is -2.34. The smallest absolute Gasteiger partial charge is 0.244 e. The fraction of sp³-hybridized carbons (Fsp3) is 0.615. The van der Waals surface area contributed by atoms with Gasteiger partial charge in [0.05, 0.1) is 32.5 Å². The van der Waals surface area contributed by atoms with Crippen LogP contribution < -0.4 is 14.2 Å². The molecule has 1 heterocycles. The number of hydrogen-bond acceptors (Lipinski definition) is 7. The quantitative estimate of drug-likeness (QED) is 0.774. The highest BCUT2D eigenvalue weighted by Crippen LogP contribution is 2.38. The molecule has 1 fully saturated rings. The second kappa shape index (κ2) is 6.47. The normalized spacial score (nSPS) is 16.0. The molecular formula is C13H19N3O5S. The summed E-state index contributed by atoms with van der Waals surface area (Å²) >= 11 is 0. The maximum Gasteiger partial charge on any atom is 0.244 e. The number of rotatable bonds is 7. The number of hydrogen-bond donors (Lipinski definition) is 1. The molecule has 0 radical (unpaired) electrons. The summed E-state index contributed by atoms with van der Waals surface area (Å²) < 4.78 is 34.7. The van der Waals surface area contributed by atoms with Gasteiger partial charge in [0.25, 0.3) is 0 Å². The van der Waals surface area contributed by atoms with Gasteiger partial charge in [0.1, 0.15) is 5.82 Å². The molecule has 1 aromatic heterocycles. The van der Waals surface area contributed by atoms with Crippen LogP contribution in [0.15, 0.2) is 6.07 Å². The second-order valence-corrected chi connectivity index (χ2v) is 7.03. The predicted octanol–water partition coefficient (Wildman–Crippen LogP) is 0.453. The van der Waals surface area contributed by atoms with Crippen LogP contribution in [-0.4, -0.2) is 44.8 Å². The van der Waals surface area contributed by atoms with Gasteiger partial charge in [-0.15, -0.1) is 0 Å². The van der Waals surface area contributed by atoms with Crippen molar-refractivity contribution in [3.05, 3.63) is 11.9 Å². The number of methoxy groups -OCH3 is 2. The van der Waals surface area contributed by atoms with Crippen LogP contribution in [0.4, 0.5) is 0 Å². The molecule has 1 N–H and O–H groups in total. The molecule has 9 heteroatoms. The monoisotopic (exact) mass is 329 g/mol. The van der Waals surface area contributed by atoms with Crippen LogP contribution in [0.3, 0.4) is 0 Å². The molecule has 8 nitrogen and oxygen atoms in total. The zero-order chi connectivity index (χ0) is 16.3. The highest BCUT2D eigenvalue weighted by atomic mass is 32.2. The largest absolute Gasteiger partial charge is 0.481 e. The van der Waals surface area contributed by atoms with Gasteiger partial charge in [-0.2, -0.15) is 9.97 Å². The van der Waals surface area contributed by atoms with Crippen LogP contribution in [0.1, 0.15) is 31.0 Å². The van der Waals surface area contributed by atoms with Crippen molar-refractivity contribution >= 4 is 15.9 Å². The van der Waals surface area contributed by atoms with E-state index in [9.17, 15) is 13.2 Å². The lowest BCUT2D eigenvalue weighted by atomic mass is 10.0. The first-order chi connectivity index (χ1) is 10.3. The van der Waals surface area contributed by atoms with E-state index in [1.807, 2.05) is 4.72 Å². The minimum Gasteiger partial charge on any atom is -0.481 e. The van der Waals surface area contributed by atoms with E-state index in [1.54, 1.807) is 0 Å². The van der Waals surface area contributed by atoms with Gasteiger partial charge in [0.15, 0.2) is 0 Å². The van der Waals surface area contributed by atoms with Crippen LogP contribution in [0.5, 0.6) is 11.8 Å². The topological polar surface area (TPSA) is 107 Å². The Bertz CT molecular complexity index is 635. The van der Waals surface area contributed by atoms with E-state index in [-0.39, 0.29) is 17.6 Å². The molecule has 0 bridgehead atoms. The molecule has 0 aromatic carbocycles. The maximum absolute atomic E-state index is 12.3. The summed E-state index contributed by atoms with van der Waals surface area (Å²) in [6, 6.07) is 1.49. The molecule has 2 rings (SSSR count). The molecule has 1 atom stereocenters. The van der Waals surface area contributed by atoms with Crippen LogP contribution in [-0.2, 0) is 14.8 Å². The summed E-state index contributed by atoms with van der Waals surface area (Å²) in [4.78, 5) is 20.6.